The third kappa shape index (κ3) is 3.77. The molecule has 2 rings (SSSR count). The van der Waals surface area contributed by atoms with Crippen LogP contribution in [-0.4, -0.2) is 35.6 Å². The van der Waals surface area contributed by atoms with Crippen molar-refractivity contribution in [2.45, 2.75) is 52.6 Å². The van der Waals surface area contributed by atoms with Crippen molar-refractivity contribution >= 4 is 11.3 Å². The van der Waals surface area contributed by atoms with Crippen LogP contribution in [0.3, 0.4) is 0 Å². The van der Waals surface area contributed by atoms with Gasteiger partial charge in [-0.1, -0.05) is 6.92 Å². The fourth-order valence-corrected chi connectivity index (χ4v) is 3.41. The van der Waals surface area contributed by atoms with Crippen molar-refractivity contribution in [3.63, 3.8) is 0 Å². The number of thiazole rings is 1. The Morgan fingerprint density at radius 2 is 2.06 bits per heavy atom. The number of nitrogens with one attached hydrogen (secondary N) is 1. The van der Waals surface area contributed by atoms with E-state index >= 15 is 0 Å². The number of aromatic nitrogens is 1. The molecule has 0 bridgehead atoms. The molecule has 0 unspecified atom stereocenters. The van der Waals surface area contributed by atoms with Crippen molar-refractivity contribution in [1.82, 2.24) is 15.2 Å². The van der Waals surface area contributed by atoms with Gasteiger partial charge in [-0.3, -0.25) is 0 Å². The molecule has 18 heavy (non-hydrogen) atoms. The molecule has 1 saturated heterocycles. The quantitative estimate of drug-likeness (QED) is 0.889. The van der Waals surface area contributed by atoms with Gasteiger partial charge in [-0.2, -0.15) is 0 Å². The summed E-state index contributed by atoms with van der Waals surface area (Å²) in [7, 11) is 0. The third-order valence-corrected chi connectivity index (χ3v) is 4.82. The minimum Gasteiger partial charge on any atom is -0.308 e. The Morgan fingerprint density at radius 1 is 1.33 bits per heavy atom. The van der Waals surface area contributed by atoms with Crippen LogP contribution in [0, 0.1) is 13.8 Å². The van der Waals surface area contributed by atoms with Gasteiger partial charge in [0.05, 0.1) is 5.69 Å². The van der Waals surface area contributed by atoms with Gasteiger partial charge in [-0.05, 0) is 52.7 Å². The smallest absolute Gasteiger partial charge is 0.107 e. The predicted octanol–water partition coefficient (Wildman–Crippen LogP) is 2.72. The highest BCUT2D eigenvalue weighted by Crippen LogP contribution is 2.17. The monoisotopic (exact) mass is 267 g/mol. The van der Waals surface area contributed by atoms with Gasteiger partial charge in [0.2, 0.25) is 0 Å². The van der Waals surface area contributed by atoms with Gasteiger partial charge in [0, 0.05) is 17.5 Å². The van der Waals surface area contributed by atoms with Crippen LogP contribution < -0.4 is 5.32 Å². The molecule has 0 radical (unpaired) electrons. The van der Waals surface area contributed by atoms with Crippen LogP contribution in [0.15, 0.2) is 0 Å². The first-order valence-electron chi connectivity index (χ1n) is 7.07. The lowest BCUT2D eigenvalue weighted by molar-refractivity contribution is 0.197. The van der Waals surface area contributed by atoms with Crippen LogP contribution in [-0.2, 0) is 6.54 Å². The highest BCUT2D eigenvalue weighted by Gasteiger charge is 2.18. The maximum Gasteiger partial charge on any atom is 0.107 e. The van der Waals surface area contributed by atoms with Crippen molar-refractivity contribution in [3.8, 4) is 0 Å². The Hall–Kier alpha value is -0.450. The van der Waals surface area contributed by atoms with E-state index in [1.807, 2.05) is 11.3 Å². The van der Waals surface area contributed by atoms with Crippen molar-refractivity contribution < 1.29 is 0 Å². The number of aryl methyl sites for hydroxylation is 2. The molecule has 1 N–H and O–H groups in total. The molecule has 102 valence electrons. The number of nitrogens with zero attached hydrogens (tertiary/aromatic N) is 2. The lowest BCUT2D eigenvalue weighted by Gasteiger charge is -2.32. The summed E-state index contributed by atoms with van der Waals surface area (Å²) in [6.07, 6.45) is 3.84. The zero-order chi connectivity index (χ0) is 13.0. The highest BCUT2D eigenvalue weighted by atomic mass is 32.1. The van der Waals surface area contributed by atoms with Crippen LogP contribution in [0.4, 0.5) is 0 Å². The Morgan fingerprint density at radius 3 is 2.61 bits per heavy atom. The molecule has 1 fully saturated rings. The van der Waals surface area contributed by atoms with Crippen LogP contribution in [0.25, 0.3) is 0 Å². The molecular formula is C14H25N3S. The first-order valence-corrected chi connectivity index (χ1v) is 7.89. The fraction of sp³-hybridized carbons (Fsp3) is 0.786. The zero-order valence-corrected chi connectivity index (χ0v) is 12.6. The summed E-state index contributed by atoms with van der Waals surface area (Å²) in [6, 6.07) is 0.683. The second-order valence-electron chi connectivity index (χ2n) is 5.25. The molecule has 1 aromatic rings. The van der Waals surface area contributed by atoms with Crippen molar-refractivity contribution in [2.75, 3.05) is 19.6 Å². The average molecular weight is 267 g/mol. The van der Waals surface area contributed by atoms with E-state index in [9.17, 15) is 0 Å². The van der Waals surface area contributed by atoms with E-state index in [-0.39, 0.29) is 0 Å². The Labute approximate surface area is 115 Å². The molecule has 0 aromatic carbocycles. The molecule has 0 spiro atoms. The fourth-order valence-electron chi connectivity index (χ4n) is 2.52. The van der Waals surface area contributed by atoms with Gasteiger partial charge in [0.25, 0.3) is 0 Å². The summed E-state index contributed by atoms with van der Waals surface area (Å²) in [5.74, 6) is 0. The minimum absolute atomic E-state index is 0.683. The molecule has 1 aromatic heterocycles. The van der Waals surface area contributed by atoms with Gasteiger partial charge in [-0.15, -0.1) is 11.3 Å². The maximum atomic E-state index is 4.58. The lowest BCUT2D eigenvalue weighted by atomic mass is 10.1. The van der Waals surface area contributed by atoms with E-state index in [0.717, 1.165) is 6.54 Å². The lowest BCUT2D eigenvalue weighted by Crippen LogP contribution is -2.42. The molecule has 1 aliphatic heterocycles. The molecule has 0 atom stereocenters. The van der Waals surface area contributed by atoms with Gasteiger partial charge >= 0.3 is 0 Å². The number of hydrogen-bond donors (Lipinski definition) is 1. The molecule has 3 nitrogen and oxygen atoms in total. The maximum absolute atomic E-state index is 4.58. The molecule has 0 amide bonds. The number of piperidine rings is 1. The molecule has 2 heterocycles. The van der Waals surface area contributed by atoms with Crippen molar-refractivity contribution in [3.05, 3.63) is 15.6 Å². The van der Waals surface area contributed by atoms with E-state index in [2.05, 4.69) is 36.0 Å². The second kappa shape index (κ2) is 6.64. The summed E-state index contributed by atoms with van der Waals surface area (Å²) >= 11 is 1.83. The van der Waals surface area contributed by atoms with E-state index in [0.29, 0.717) is 6.04 Å². The summed E-state index contributed by atoms with van der Waals surface area (Å²) in [5, 5.41) is 4.90. The van der Waals surface area contributed by atoms with Crippen molar-refractivity contribution in [2.24, 2.45) is 0 Å². The predicted molar refractivity (Wildman–Crippen MR) is 78.2 cm³/mol. The van der Waals surface area contributed by atoms with Gasteiger partial charge in [-0.25, -0.2) is 4.98 Å². The average Bonchev–Trinajstić information content (AvgIpc) is 2.68. The summed E-state index contributed by atoms with van der Waals surface area (Å²) in [6.45, 7) is 11.2. The summed E-state index contributed by atoms with van der Waals surface area (Å²) in [4.78, 5) is 8.52. The largest absolute Gasteiger partial charge is 0.308 e. The minimum atomic E-state index is 0.683. The van der Waals surface area contributed by atoms with Crippen LogP contribution in [0.2, 0.25) is 0 Å². The van der Waals surface area contributed by atoms with Gasteiger partial charge in [0.15, 0.2) is 0 Å². The van der Waals surface area contributed by atoms with Crippen molar-refractivity contribution in [1.29, 1.82) is 0 Å². The molecule has 4 heteroatoms. The molecule has 0 saturated carbocycles. The van der Waals surface area contributed by atoms with Crippen LogP contribution >= 0.6 is 11.3 Å². The summed E-state index contributed by atoms with van der Waals surface area (Å²) in [5.41, 5.74) is 1.19. The van der Waals surface area contributed by atoms with E-state index < -0.39 is 0 Å². The third-order valence-electron chi connectivity index (χ3n) is 3.74. The number of likely N-dealkylation sites (tertiary alicyclic amines) is 1. The van der Waals surface area contributed by atoms with E-state index in [4.69, 9.17) is 0 Å². The topological polar surface area (TPSA) is 28.2 Å². The Bertz CT molecular complexity index is 348. The zero-order valence-electron chi connectivity index (χ0n) is 11.8. The molecule has 0 aliphatic carbocycles. The SMILES string of the molecule is CCCN1CCC(NCc2nc(C)c(C)s2)CC1. The normalized spacial score (nSPS) is 18.4. The van der Waals surface area contributed by atoms with Crippen LogP contribution in [0.5, 0.6) is 0 Å². The van der Waals surface area contributed by atoms with Gasteiger partial charge in [0.1, 0.15) is 5.01 Å². The second-order valence-corrected chi connectivity index (χ2v) is 6.53. The standard InChI is InChI=1S/C14H25N3S/c1-4-7-17-8-5-13(6-9-17)15-10-14-16-11(2)12(3)18-14/h13,15H,4-10H2,1-3H3. The first kappa shape index (κ1) is 14.0. The van der Waals surface area contributed by atoms with E-state index in [1.54, 1.807) is 0 Å². The molecule has 1 aliphatic rings. The number of hydrogen-bond acceptors (Lipinski definition) is 4. The summed E-state index contributed by atoms with van der Waals surface area (Å²) < 4.78 is 0. The molecular weight excluding hydrogens is 242 g/mol. The Balaban J connectivity index is 1.72. The van der Waals surface area contributed by atoms with E-state index in [1.165, 1.54) is 54.5 Å². The first-order chi connectivity index (χ1) is 8.69. The Kier molecular flexibility index (Phi) is 5.15. The van der Waals surface area contributed by atoms with Gasteiger partial charge < -0.3 is 10.2 Å². The number of rotatable bonds is 5. The highest BCUT2D eigenvalue weighted by molar-refractivity contribution is 7.11. The van der Waals surface area contributed by atoms with Crippen LogP contribution in [0.1, 0.15) is 41.8 Å².